The van der Waals surface area contributed by atoms with Gasteiger partial charge in [0.2, 0.25) is 0 Å². The Bertz CT molecular complexity index is 562. The summed E-state index contributed by atoms with van der Waals surface area (Å²) in [5.74, 6) is 0.565. The van der Waals surface area contributed by atoms with E-state index in [-0.39, 0.29) is 0 Å². The van der Waals surface area contributed by atoms with Crippen molar-refractivity contribution in [2.75, 3.05) is 13.2 Å². The highest BCUT2D eigenvalue weighted by molar-refractivity contribution is 7.13. The summed E-state index contributed by atoms with van der Waals surface area (Å²) in [6.45, 7) is 3.94. The number of hydrogen-bond acceptors (Lipinski definition) is 4. The number of unbranched alkanes of at least 4 members (excludes halogenated alkanes) is 1. The summed E-state index contributed by atoms with van der Waals surface area (Å²) in [6, 6.07) is 2.30. The molecule has 3 rings (SSSR count). The SMILES string of the molecule is CCCCc1cc(C2CCOCC2)c(-c2cncs2)[c]n1. The van der Waals surface area contributed by atoms with Crippen LogP contribution in [0.4, 0.5) is 0 Å². The maximum absolute atomic E-state index is 5.51. The van der Waals surface area contributed by atoms with Gasteiger partial charge in [0.05, 0.1) is 16.6 Å². The fourth-order valence-electron chi connectivity index (χ4n) is 2.83. The number of rotatable bonds is 5. The average Bonchev–Trinajstić information content (AvgIpc) is 3.08. The molecule has 0 unspecified atom stereocenters. The Labute approximate surface area is 130 Å². The fourth-order valence-corrected chi connectivity index (χ4v) is 3.47. The minimum Gasteiger partial charge on any atom is -0.381 e. The Morgan fingerprint density at radius 1 is 1.38 bits per heavy atom. The molecule has 0 bridgehead atoms. The highest BCUT2D eigenvalue weighted by Crippen LogP contribution is 2.36. The minimum atomic E-state index is 0.565. The number of hydrogen-bond donors (Lipinski definition) is 0. The zero-order valence-corrected chi connectivity index (χ0v) is 13.3. The van der Waals surface area contributed by atoms with E-state index < -0.39 is 0 Å². The van der Waals surface area contributed by atoms with E-state index in [0.29, 0.717) is 5.92 Å². The Morgan fingerprint density at radius 3 is 2.95 bits per heavy atom. The van der Waals surface area contributed by atoms with Gasteiger partial charge in [-0.25, -0.2) is 0 Å². The first-order valence-electron chi connectivity index (χ1n) is 7.76. The Hall–Kier alpha value is -1.26. The Balaban J connectivity index is 1.94. The number of pyridine rings is 1. The van der Waals surface area contributed by atoms with Crippen molar-refractivity contribution < 1.29 is 4.74 Å². The van der Waals surface area contributed by atoms with Crippen molar-refractivity contribution in [2.45, 2.75) is 44.9 Å². The van der Waals surface area contributed by atoms with Crippen LogP contribution in [-0.4, -0.2) is 23.2 Å². The van der Waals surface area contributed by atoms with E-state index in [9.17, 15) is 0 Å². The van der Waals surface area contributed by atoms with Gasteiger partial charge in [-0.15, -0.1) is 11.3 Å². The largest absolute Gasteiger partial charge is 0.381 e. The van der Waals surface area contributed by atoms with Crippen molar-refractivity contribution in [1.82, 2.24) is 9.97 Å². The van der Waals surface area contributed by atoms with E-state index in [0.717, 1.165) is 38.0 Å². The van der Waals surface area contributed by atoms with E-state index in [1.54, 1.807) is 11.3 Å². The third-order valence-corrected chi connectivity index (χ3v) is 4.84. The van der Waals surface area contributed by atoms with Gasteiger partial charge >= 0.3 is 0 Å². The molecule has 2 aromatic rings. The summed E-state index contributed by atoms with van der Waals surface area (Å²) in [6.07, 6.45) is 10.8. The first-order chi connectivity index (χ1) is 10.4. The van der Waals surface area contributed by atoms with Crippen LogP contribution in [0, 0.1) is 6.20 Å². The van der Waals surface area contributed by atoms with E-state index in [4.69, 9.17) is 4.74 Å². The molecule has 3 nitrogen and oxygen atoms in total. The standard InChI is InChI=1S/C17H21N2OS/c1-2-3-4-14-9-15(13-5-7-20-8-6-13)16(10-19-14)17-11-18-12-21-17/h9,11-13H,2-8H2,1H3. The quantitative estimate of drug-likeness (QED) is 0.828. The van der Waals surface area contributed by atoms with Crippen LogP contribution >= 0.6 is 11.3 Å². The van der Waals surface area contributed by atoms with E-state index >= 15 is 0 Å². The number of ether oxygens (including phenoxy) is 1. The highest BCUT2D eigenvalue weighted by atomic mass is 32.1. The van der Waals surface area contributed by atoms with Gasteiger partial charge in [-0.1, -0.05) is 13.3 Å². The number of aryl methyl sites for hydroxylation is 1. The molecule has 4 heteroatoms. The second-order valence-electron chi connectivity index (χ2n) is 5.55. The van der Waals surface area contributed by atoms with Crippen LogP contribution in [0.2, 0.25) is 0 Å². The molecule has 2 aromatic heterocycles. The summed E-state index contributed by atoms with van der Waals surface area (Å²) in [5, 5.41) is 0. The van der Waals surface area contributed by atoms with Gasteiger partial charge < -0.3 is 4.74 Å². The van der Waals surface area contributed by atoms with Crippen LogP contribution in [0.1, 0.15) is 49.8 Å². The van der Waals surface area contributed by atoms with Crippen LogP contribution in [0.15, 0.2) is 17.8 Å². The molecule has 0 aliphatic carbocycles. The lowest BCUT2D eigenvalue weighted by atomic mass is 9.88. The highest BCUT2D eigenvalue weighted by Gasteiger charge is 2.21. The molecule has 1 fully saturated rings. The summed E-state index contributed by atoms with van der Waals surface area (Å²) >= 11 is 1.66. The van der Waals surface area contributed by atoms with E-state index in [2.05, 4.69) is 29.2 Å². The lowest BCUT2D eigenvalue weighted by molar-refractivity contribution is 0.0854. The van der Waals surface area contributed by atoms with Crippen molar-refractivity contribution in [1.29, 1.82) is 0 Å². The topological polar surface area (TPSA) is 35.0 Å². The predicted molar refractivity (Wildman–Crippen MR) is 85.6 cm³/mol. The van der Waals surface area contributed by atoms with Crippen molar-refractivity contribution in [2.24, 2.45) is 0 Å². The van der Waals surface area contributed by atoms with Gasteiger partial charge in [0, 0.05) is 30.7 Å². The molecule has 1 aliphatic rings. The van der Waals surface area contributed by atoms with Gasteiger partial charge in [-0.2, -0.15) is 0 Å². The lowest BCUT2D eigenvalue weighted by Gasteiger charge is -2.24. The van der Waals surface area contributed by atoms with Crippen LogP contribution < -0.4 is 0 Å². The van der Waals surface area contributed by atoms with Crippen LogP contribution in [0.3, 0.4) is 0 Å². The van der Waals surface area contributed by atoms with Gasteiger partial charge in [0.25, 0.3) is 0 Å². The number of thiazole rings is 1. The van der Waals surface area contributed by atoms with Crippen molar-refractivity contribution in [3.05, 3.63) is 35.2 Å². The Kier molecular flexibility index (Phi) is 4.99. The van der Waals surface area contributed by atoms with Crippen molar-refractivity contribution in [3.8, 4) is 10.4 Å². The molecule has 0 saturated carbocycles. The third kappa shape index (κ3) is 3.50. The predicted octanol–water partition coefficient (Wildman–Crippen LogP) is 4.24. The number of nitrogens with zero attached hydrogens (tertiary/aromatic N) is 2. The van der Waals surface area contributed by atoms with Crippen molar-refractivity contribution >= 4 is 11.3 Å². The van der Waals surface area contributed by atoms with Gasteiger partial charge in [0.1, 0.15) is 0 Å². The van der Waals surface area contributed by atoms with Crippen LogP contribution in [0.25, 0.3) is 10.4 Å². The number of aromatic nitrogens is 2. The first-order valence-corrected chi connectivity index (χ1v) is 8.64. The zero-order chi connectivity index (χ0) is 14.5. The molecule has 1 radical (unpaired) electrons. The molecule has 0 atom stereocenters. The zero-order valence-electron chi connectivity index (χ0n) is 12.5. The van der Waals surface area contributed by atoms with E-state index in [1.165, 1.54) is 29.0 Å². The molecular formula is C17H21N2OS. The molecule has 1 saturated heterocycles. The molecule has 3 heterocycles. The average molecular weight is 301 g/mol. The molecule has 0 aromatic carbocycles. The molecule has 0 N–H and O–H groups in total. The molecule has 0 spiro atoms. The molecule has 1 aliphatic heterocycles. The molecular weight excluding hydrogens is 280 g/mol. The summed E-state index contributed by atoms with van der Waals surface area (Å²) < 4.78 is 5.51. The smallest absolute Gasteiger partial charge is 0.0986 e. The van der Waals surface area contributed by atoms with Crippen molar-refractivity contribution in [3.63, 3.8) is 0 Å². The van der Waals surface area contributed by atoms with Gasteiger partial charge in [-0.3, -0.25) is 9.97 Å². The molecule has 21 heavy (non-hydrogen) atoms. The third-order valence-electron chi connectivity index (χ3n) is 4.05. The second kappa shape index (κ2) is 7.14. The fraction of sp³-hybridized carbons (Fsp3) is 0.529. The minimum absolute atomic E-state index is 0.565. The summed E-state index contributed by atoms with van der Waals surface area (Å²) in [4.78, 5) is 9.93. The van der Waals surface area contributed by atoms with Crippen LogP contribution in [0.5, 0.6) is 0 Å². The van der Waals surface area contributed by atoms with Gasteiger partial charge in [0.15, 0.2) is 0 Å². The lowest BCUT2D eigenvalue weighted by Crippen LogP contribution is -2.15. The van der Waals surface area contributed by atoms with Gasteiger partial charge in [-0.05, 0) is 43.2 Å². The molecule has 0 amide bonds. The first kappa shape index (κ1) is 14.7. The Morgan fingerprint density at radius 2 is 2.24 bits per heavy atom. The second-order valence-corrected chi connectivity index (χ2v) is 6.43. The molecule has 111 valence electrons. The van der Waals surface area contributed by atoms with Crippen LogP contribution in [-0.2, 0) is 11.2 Å². The summed E-state index contributed by atoms with van der Waals surface area (Å²) in [5.41, 5.74) is 5.59. The normalized spacial score (nSPS) is 16.2. The van der Waals surface area contributed by atoms with E-state index in [1.807, 2.05) is 11.7 Å². The monoisotopic (exact) mass is 301 g/mol. The summed E-state index contributed by atoms with van der Waals surface area (Å²) in [7, 11) is 0. The maximum Gasteiger partial charge on any atom is 0.0986 e. The maximum atomic E-state index is 5.51.